The summed E-state index contributed by atoms with van der Waals surface area (Å²) in [6.07, 6.45) is 1.39. The minimum Gasteiger partial charge on any atom is -0.504 e. The van der Waals surface area contributed by atoms with Gasteiger partial charge in [-0.1, -0.05) is 30.7 Å². The van der Waals surface area contributed by atoms with Gasteiger partial charge in [-0.25, -0.2) is 26.9 Å². The Balaban J connectivity index is 1.61. The van der Waals surface area contributed by atoms with Gasteiger partial charge in [0.25, 0.3) is 11.8 Å². The van der Waals surface area contributed by atoms with Crippen LogP contribution in [-0.4, -0.2) is 57.0 Å². The maximum Gasteiger partial charge on any atom is 0.258 e. The summed E-state index contributed by atoms with van der Waals surface area (Å²) in [4.78, 5) is 50.7. The van der Waals surface area contributed by atoms with Crippen LogP contribution in [0.15, 0.2) is 29.8 Å². The van der Waals surface area contributed by atoms with Gasteiger partial charge in [-0.2, -0.15) is 0 Å². The number of nitrogens with zero attached hydrogens (tertiary/aromatic N) is 2. The number of carbonyl (C=O) groups excluding carboxylic acids is 4. The van der Waals surface area contributed by atoms with Crippen molar-refractivity contribution >= 4 is 52.5 Å². The van der Waals surface area contributed by atoms with E-state index in [-0.39, 0.29) is 34.8 Å². The van der Waals surface area contributed by atoms with E-state index in [0.29, 0.717) is 6.42 Å². The number of anilines is 1. The molecule has 8 nitrogen and oxygen atoms in total. The quantitative estimate of drug-likeness (QED) is 0.119. The van der Waals surface area contributed by atoms with Gasteiger partial charge < -0.3 is 9.84 Å². The first-order chi connectivity index (χ1) is 21.2. The minimum atomic E-state index is -2.74. The molecule has 6 rings (SSSR count). The molecule has 0 aromatic heterocycles. The van der Waals surface area contributed by atoms with Crippen LogP contribution in [0.2, 0.25) is 0 Å². The van der Waals surface area contributed by atoms with Crippen LogP contribution in [0, 0.1) is 46.8 Å². The standard InChI is InChI=1S/C30H23Cl2F5N2O6/c1-3-9-38-25(41)12-8-7-11-14(16(12)26(38)42)10-29(31)27(43)39(23-21(36)19(34)18(33)20(35)22(23)37)28(44)30(29,32)17(11)13-5-4-6-15(45-2)24(13)40/h4-7,12,14,16-17,40H,3,8-10H2,1-2H3. The molecule has 2 heterocycles. The molecule has 238 valence electrons. The van der Waals surface area contributed by atoms with E-state index >= 15 is 8.78 Å². The summed E-state index contributed by atoms with van der Waals surface area (Å²) in [6.45, 7) is 1.88. The van der Waals surface area contributed by atoms with E-state index in [1.165, 1.54) is 25.3 Å². The number of phenols is 1. The van der Waals surface area contributed by atoms with E-state index < -0.39 is 104 Å². The van der Waals surface area contributed by atoms with Crippen molar-refractivity contribution in [1.29, 1.82) is 0 Å². The molecular weight excluding hydrogens is 650 g/mol. The smallest absolute Gasteiger partial charge is 0.258 e. The summed E-state index contributed by atoms with van der Waals surface area (Å²) in [5.74, 6) is -21.8. The van der Waals surface area contributed by atoms with Gasteiger partial charge in [0, 0.05) is 18.0 Å². The zero-order valence-electron chi connectivity index (χ0n) is 23.5. The lowest BCUT2D eigenvalue weighted by Gasteiger charge is -2.50. The van der Waals surface area contributed by atoms with Gasteiger partial charge in [0.15, 0.2) is 44.5 Å². The number of halogens is 7. The van der Waals surface area contributed by atoms with Crippen molar-refractivity contribution in [1.82, 2.24) is 4.90 Å². The number of methoxy groups -OCH3 is 1. The number of hydrogen-bond acceptors (Lipinski definition) is 6. The summed E-state index contributed by atoms with van der Waals surface area (Å²) < 4.78 is 77.9. The van der Waals surface area contributed by atoms with E-state index in [4.69, 9.17) is 27.9 Å². The Morgan fingerprint density at radius 2 is 1.56 bits per heavy atom. The molecule has 15 heteroatoms. The van der Waals surface area contributed by atoms with Gasteiger partial charge in [-0.15, -0.1) is 23.2 Å². The van der Waals surface area contributed by atoms with Crippen molar-refractivity contribution in [2.75, 3.05) is 18.6 Å². The molecule has 6 atom stereocenters. The predicted molar refractivity (Wildman–Crippen MR) is 148 cm³/mol. The van der Waals surface area contributed by atoms with Crippen LogP contribution in [0.1, 0.15) is 37.7 Å². The Kier molecular flexibility index (Phi) is 7.24. The number of alkyl halides is 2. The number of benzene rings is 2. The van der Waals surface area contributed by atoms with Crippen molar-refractivity contribution in [2.45, 2.75) is 41.9 Å². The van der Waals surface area contributed by atoms with Crippen LogP contribution >= 0.6 is 23.2 Å². The third kappa shape index (κ3) is 3.82. The molecule has 2 aliphatic carbocycles. The zero-order chi connectivity index (χ0) is 32.9. The first-order valence-electron chi connectivity index (χ1n) is 13.9. The monoisotopic (exact) mass is 672 g/mol. The molecule has 2 saturated heterocycles. The van der Waals surface area contributed by atoms with Gasteiger partial charge in [0.1, 0.15) is 5.69 Å². The van der Waals surface area contributed by atoms with Crippen LogP contribution in [-0.2, 0) is 19.2 Å². The molecule has 6 unspecified atom stereocenters. The number of ether oxygens (including phenoxy) is 1. The van der Waals surface area contributed by atoms with Gasteiger partial charge in [-0.05, 0) is 31.2 Å². The Labute approximate surface area is 262 Å². The molecule has 0 bridgehead atoms. The Bertz CT molecular complexity index is 1730. The molecule has 2 aliphatic heterocycles. The highest BCUT2D eigenvalue weighted by molar-refractivity contribution is 6.58. The highest BCUT2D eigenvalue weighted by Gasteiger charge is 2.77. The van der Waals surface area contributed by atoms with Crippen molar-refractivity contribution in [3.05, 3.63) is 64.5 Å². The first-order valence-corrected chi connectivity index (χ1v) is 14.6. The summed E-state index contributed by atoms with van der Waals surface area (Å²) in [5, 5.41) is 11.2. The van der Waals surface area contributed by atoms with Crippen LogP contribution < -0.4 is 9.64 Å². The molecular formula is C30H23Cl2F5N2O6. The lowest BCUT2D eigenvalue weighted by molar-refractivity contribution is -0.140. The fourth-order valence-corrected chi connectivity index (χ4v) is 8.29. The van der Waals surface area contributed by atoms with Crippen LogP contribution in [0.25, 0.3) is 0 Å². The number of allylic oxidation sites excluding steroid dienone is 2. The van der Waals surface area contributed by atoms with Crippen molar-refractivity contribution in [2.24, 2.45) is 17.8 Å². The van der Waals surface area contributed by atoms with Crippen molar-refractivity contribution < 1.29 is 51.0 Å². The molecule has 4 aliphatic rings. The van der Waals surface area contributed by atoms with E-state index in [0.717, 1.165) is 4.90 Å². The summed E-state index contributed by atoms with van der Waals surface area (Å²) >= 11 is 14.1. The van der Waals surface area contributed by atoms with Crippen LogP contribution in [0.3, 0.4) is 0 Å². The second-order valence-corrected chi connectivity index (χ2v) is 12.7. The van der Waals surface area contributed by atoms with Crippen LogP contribution in [0.4, 0.5) is 27.6 Å². The molecule has 0 spiro atoms. The lowest BCUT2D eigenvalue weighted by atomic mass is 9.56. The average molecular weight is 673 g/mol. The summed E-state index contributed by atoms with van der Waals surface area (Å²) in [6, 6.07) is 4.10. The number of para-hydroxylation sites is 1. The number of hydrogen-bond donors (Lipinski definition) is 1. The number of likely N-dealkylation sites (tertiary alicyclic amines) is 1. The molecule has 45 heavy (non-hydrogen) atoms. The van der Waals surface area contributed by atoms with E-state index in [1.54, 1.807) is 13.0 Å². The molecule has 4 amide bonds. The Hall–Kier alpha value is -3.71. The van der Waals surface area contributed by atoms with Crippen molar-refractivity contribution in [3.8, 4) is 11.5 Å². The largest absolute Gasteiger partial charge is 0.504 e. The van der Waals surface area contributed by atoms with Gasteiger partial charge in [0.2, 0.25) is 17.6 Å². The third-order valence-corrected chi connectivity index (χ3v) is 10.7. The number of amides is 4. The fourth-order valence-electron chi connectivity index (χ4n) is 7.36. The minimum absolute atomic E-state index is 0.00820. The molecule has 2 aromatic rings. The van der Waals surface area contributed by atoms with Gasteiger partial charge in [-0.3, -0.25) is 24.1 Å². The van der Waals surface area contributed by atoms with E-state index in [2.05, 4.69) is 0 Å². The normalized spacial score (nSPS) is 30.8. The predicted octanol–water partition coefficient (Wildman–Crippen LogP) is 5.07. The summed E-state index contributed by atoms with van der Waals surface area (Å²) in [5.41, 5.74) is -1.78. The Morgan fingerprint density at radius 3 is 2.16 bits per heavy atom. The first kappa shape index (κ1) is 31.3. The molecule has 0 radical (unpaired) electrons. The van der Waals surface area contributed by atoms with E-state index in [1.807, 2.05) is 0 Å². The zero-order valence-corrected chi connectivity index (χ0v) is 25.0. The SMILES string of the molecule is CCCN1C(=O)C2CC=C3C(CC4(Cl)C(=O)N(c5c(F)c(F)c(F)c(F)c5F)C(=O)C4(Cl)C3c3cccc(OC)c3O)C2C1=O. The summed E-state index contributed by atoms with van der Waals surface area (Å²) in [7, 11) is 1.23. The second kappa shape index (κ2) is 10.4. The highest BCUT2D eigenvalue weighted by atomic mass is 35.5. The third-order valence-electron chi connectivity index (χ3n) is 9.32. The second-order valence-electron chi connectivity index (χ2n) is 11.4. The van der Waals surface area contributed by atoms with Crippen molar-refractivity contribution in [3.63, 3.8) is 0 Å². The molecule has 1 saturated carbocycles. The number of aromatic hydroxyl groups is 1. The number of imide groups is 2. The fraction of sp³-hybridized carbons (Fsp3) is 0.400. The topological polar surface area (TPSA) is 104 Å². The maximum absolute atomic E-state index is 15.1. The van der Waals surface area contributed by atoms with Gasteiger partial charge in [0.05, 0.1) is 18.9 Å². The van der Waals surface area contributed by atoms with E-state index in [9.17, 15) is 37.5 Å². The molecule has 3 fully saturated rings. The highest BCUT2D eigenvalue weighted by Crippen LogP contribution is 2.67. The van der Waals surface area contributed by atoms with Gasteiger partial charge >= 0.3 is 0 Å². The Morgan fingerprint density at radius 1 is 0.933 bits per heavy atom. The number of carbonyl (C=O) groups is 4. The molecule has 1 N–H and O–H groups in total. The number of fused-ring (bicyclic) bond motifs is 4. The lowest BCUT2D eigenvalue weighted by Crippen LogP contribution is -2.60. The average Bonchev–Trinajstić information content (AvgIpc) is 3.34. The molecule has 2 aromatic carbocycles. The number of rotatable bonds is 5. The number of phenolic OH excluding ortho intramolecular Hbond substituents is 1. The maximum atomic E-state index is 15.1. The van der Waals surface area contributed by atoms with Crippen LogP contribution in [0.5, 0.6) is 11.5 Å².